The van der Waals surface area contributed by atoms with Gasteiger partial charge in [0.15, 0.2) is 0 Å². The zero-order chi connectivity index (χ0) is 15.0. The van der Waals surface area contributed by atoms with Crippen molar-refractivity contribution < 1.29 is 12.4 Å². The lowest BCUT2D eigenvalue weighted by molar-refractivity contribution is -0.127. The van der Waals surface area contributed by atoms with E-state index in [2.05, 4.69) is 24.1 Å². The average molecular weight is 264 g/mol. The molecule has 0 saturated heterocycles. The number of carbonyl (C=O) groups is 2. The van der Waals surface area contributed by atoms with Crippen LogP contribution in [0.3, 0.4) is 0 Å². The van der Waals surface area contributed by atoms with Crippen molar-refractivity contribution in [1.29, 1.82) is 0 Å². The molecule has 0 saturated carbocycles. The van der Waals surface area contributed by atoms with Gasteiger partial charge in [0.2, 0.25) is 5.91 Å². The lowest BCUT2D eigenvalue weighted by Gasteiger charge is -2.17. The number of hydrogen-bond donors (Lipinski definition) is 1. The van der Waals surface area contributed by atoms with E-state index in [-0.39, 0.29) is 21.0 Å². The number of amides is 1. The molecule has 0 aliphatic heterocycles. The van der Waals surface area contributed by atoms with Crippen molar-refractivity contribution in [3.8, 4) is 0 Å². The van der Waals surface area contributed by atoms with E-state index in [4.69, 9.17) is 0 Å². The highest BCUT2D eigenvalue weighted by Gasteiger charge is 2.04. The lowest BCUT2D eigenvalue weighted by atomic mass is 10.3. The molecule has 0 atom stereocenters. The van der Waals surface area contributed by atoms with Crippen molar-refractivity contribution in [1.82, 2.24) is 10.2 Å². The predicted molar refractivity (Wildman–Crippen MR) is 83.0 cm³/mol. The van der Waals surface area contributed by atoms with Crippen molar-refractivity contribution >= 4 is 11.7 Å². The van der Waals surface area contributed by atoms with Gasteiger partial charge in [-0.1, -0.05) is 41.5 Å². The van der Waals surface area contributed by atoms with E-state index in [9.17, 15) is 9.59 Å². The molecule has 0 spiro atoms. The van der Waals surface area contributed by atoms with E-state index in [1.54, 1.807) is 0 Å². The van der Waals surface area contributed by atoms with Gasteiger partial charge in [0.1, 0.15) is 5.78 Å². The van der Waals surface area contributed by atoms with Gasteiger partial charge < -0.3 is 10.2 Å². The van der Waals surface area contributed by atoms with Crippen molar-refractivity contribution in [3.63, 3.8) is 0 Å². The van der Waals surface area contributed by atoms with Crippen LogP contribution in [0.1, 0.15) is 57.7 Å². The number of likely N-dealkylation sites (N-methyl/N-ethyl adjacent to an activating group) is 1. The number of rotatable bonds is 7. The molecule has 0 aromatic carbocycles. The number of carbonyl (C=O) groups excluding carboxylic acids is 2. The van der Waals surface area contributed by atoms with Crippen LogP contribution < -0.4 is 5.32 Å². The Morgan fingerprint density at radius 1 is 1.06 bits per heavy atom. The first-order chi connectivity index (χ1) is 8.60. The summed E-state index contributed by atoms with van der Waals surface area (Å²) in [6.45, 7) is 17.0. The average Bonchev–Trinajstić information content (AvgIpc) is 2.38. The van der Waals surface area contributed by atoms with Crippen LogP contribution in [0.5, 0.6) is 0 Å². The molecule has 114 valence electrons. The van der Waals surface area contributed by atoms with Gasteiger partial charge in [-0.3, -0.25) is 9.59 Å². The highest BCUT2D eigenvalue weighted by atomic mass is 16.2. The summed E-state index contributed by atoms with van der Waals surface area (Å²) in [6.07, 6.45) is -0.00174. The number of Topliss-reactive ketones (excluding diaryl/α,β-unsaturated/α-hetero) is 1. The molecule has 0 aliphatic carbocycles. The maximum atomic E-state index is 11.1. The molecule has 0 rings (SSSR count). The fourth-order valence-corrected chi connectivity index (χ4v) is 1.18. The molecule has 1 amide bonds. The van der Waals surface area contributed by atoms with Crippen LogP contribution in [-0.2, 0) is 9.59 Å². The van der Waals surface area contributed by atoms with Crippen LogP contribution in [0.2, 0.25) is 0 Å². The minimum Gasteiger partial charge on any atom is -0.354 e. The van der Waals surface area contributed by atoms with Gasteiger partial charge in [-0.15, -0.1) is 0 Å². The van der Waals surface area contributed by atoms with Gasteiger partial charge in [0.25, 0.3) is 0 Å². The van der Waals surface area contributed by atoms with Crippen molar-refractivity contribution in [2.24, 2.45) is 0 Å². The Balaban J connectivity index is -0.000000114. The van der Waals surface area contributed by atoms with Crippen LogP contribution in [0.25, 0.3) is 0 Å². The second kappa shape index (κ2) is 18.5. The molecule has 0 bridgehead atoms. The fraction of sp³-hybridized carbons (Fsp3) is 0.857. The van der Waals surface area contributed by atoms with Gasteiger partial charge in [-0.05, 0) is 20.0 Å². The Kier molecular flexibility index (Phi) is 22.9. The molecule has 18 heavy (non-hydrogen) atoms. The molecule has 0 unspecified atom stereocenters. The van der Waals surface area contributed by atoms with E-state index in [1.807, 2.05) is 27.7 Å². The minimum absolute atomic E-state index is 0. The molecule has 0 heterocycles. The van der Waals surface area contributed by atoms with Crippen LogP contribution >= 0.6 is 0 Å². The summed E-state index contributed by atoms with van der Waals surface area (Å²) in [5.74, 6) is -0.269. The van der Waals surface area contributed by atoms with Gasteiger partial charge in [0, 0.05) is 15.9 Å². The number of nitrogens with zero attached hydrogens (tertiary/aromatic N) is 1. The smallest absolute Gasteiger partial charge is 0.227 e. The highest BCUT2D eigenvalue weighted by Crippen LogP contribution is 1.85. The van der Waals surface area contributed by atoms with Gasteiger partial charge in [0.05, 0.1) is 6.42 Å². The summed E-state index contributed by atoms with van der Waals surface area (Å²) in [5.41, 5.74) is 0. The molecule has 0 radical (unpaired) electrons. The Labute approximate surface area is 116 Å². The summed E-state index contributed by atoms with van der Waals surface area (Å²) in [4.78, 5) is 23.9. The van der Waals surface area contributed by atoms with E-state index in [1.165, 1.54) is 6.92 Å². The Morgan fingerprint density at radius 2 is 1.50 bits per heavy atom. The minimum atomic E-state index is -0.176. The van der Waals surface area contributed by atoms with E-state index in [0.29, 0.717) is 6.54 Å². The second-order valence-electron chi connectivity index (χ2n) is 3.26. The summed E-state index contributed by atoms with van der Waals surface area (Å²) < 4.78 is 0. The molecular weight excluding hydrogens is 228 g/mol. The maximum Gasteiger partial charge on any atom is 0.227 e. The molecule has 1 N–H and O–H groups in total. The Morgan fingerprint density at radius 3 is 1.83 bits per heavy atom. The van der Waals surface area contributed by atoms with Crippen LogP contribution in [0, 0.1) is 0 Å². The van der Waals surface area contributed by atoms with E-state index < -0.39 is 0 Å². The molecule has 0 aromatic heterocycles. The third kappa shape index (κ3) is 17.5. The number of hydrogen-bond acceptors (Lipinski definition) is 3. The van der Waals surface area contributed by atoms with Crippen molar-refractivity contribution in [3.05, 3.63) is 0 Å². The first-order valence-electron chi connectivity index (χ1n) is 7.08. The summed E-state index contributed by atoms with van der Waals surface area (Å²) in [7, 11) is 0. The highest BCUT2D eigenvalue weighted by molar-refractivity contribution is 5.96. The number of ketones is 1. The third-order valence-corrected chi connectivity index (χ3v) is 2.05. The number of nitrogens with one attached hydrogen (secondary N) is 1. The first kappa shape index (κ1) is 22.3. The fourth-order valence-electron chi connectivity index (χ4n) is 1.18. The quantitative estimate of drug-likeness (QED) is 0.719. The molecule has 0 aliphatic rings. The van der Waals surface area contributed by atoms with Crippen LogP contribution in [0.15, 0.2) is 0 Å². The van der Waals surface area contributed by atoms with Crippen molar-refractivity contribution in [2.75, 3.05) is 26.2 Å². The first-order valence-corrected chi connectivity index (χ1v) is 7.08. The molecule has 4 nitrogen and oxygen atoms in total. The largest absolute Gasteiger partial charge is 0.354 e. The van der Waals surface area contributed by atoms with E-state index >= 15 is 0 Å². The zero-order valence-corrected chi connectivity index (χ0v) is 13.3. The second-order valence-corrected chi connectivity index (χ2v) is 3.26. The summed E-state index contributed by atoms with van der Waals surface area (Å²) >= 11 is 0. The normalized spacial score (nSPS) is 8.67. The lowest BCUT2D eigenvalue weighted by Crippen LogP contribution is -2.35. The third-order valence-electron chi connectivity index (χ3n) is 2.05. The standard InChI is InChI=1S/C10H20N2O2.2C2H6.2H2/c1-4-12(5-2)7-6-11-10(14)8-9(3)13;2*1-2;;/h4-8H2,1-3H3,(H,11,14);2*1-2H3;2*1H. The summed E-state index contributed by atoms with van der Waals surface area (Å²) in [6, 6.07) is 0. The SMILES string of the molecule is CC.CC.CCN(CC)CCNC(=O)CC(C)=O.[HH].[HH]. The molecular formula is C14H36N2O2. The maximum absolute atomic E-state index is 11.1. The monoisotopic (exact) mass is 264 g/mol. The van der Waals surface area contributed by atoms with Crippen LogP contribution in [-0.4, -0.2) is 42.8 Å². The van der Waals surface area contributed by atoms with Crippen molar-refractivity contribution in [2.45, 2.75) is 54.9 Å². The van der Waals surface area contributed by atoms with E-state index in [0.717, 1.165) is 19.6 Å². The van der Waals surface area contributed by atoms with Gasteiger partial charge in [-0.25, -0.2) is 0 Å². The van der Waals surface area contributed by atoms with Gasteiger partial charge in [-0.2, -0.15) is 0 Å². The van der Waals surface area contributed by atoms with Gasteiger partial charge >= 0.3 is 0 Å². The van der Waals surface area contributed by atoms with Crippen LogP contribution in [0.4, 0.5) is 0 Å². The summed E-state index contributed by atoms with van der Waals surface area (Å²) in [5, 5.41) is 2.71. The Hall–Kier alpha value is -0.900. The predicted octanol–water partition coefficient (Wildman–Crippen LogP) is 2.97. The molecule has 4 heteroatoms. The topological polar surface area (TPSA) is 49.4 Å². The Bertz CT molecular complexity index is 200. The molecule has 0 fully saturated rings. The molecule has 0 aromatic rings. The zero-order valence-electron chi connectivity index (χ0n) is 13.3.